The van der Waals surface area contributed by atoms with Gasteiger partial charge in [0.15, 0.2) is 0 Å². The van der Waals surface area contributed by atoms with E-state index in [2.05, 4.69) is 10.1 Å². The van der Waals surface area contributed by atoms with Crippen LogP contribution in [0.4, 0.5) is 0 Å². The topological polar surface area (TPSA) is 64.6 Å². The van der Waals surface area contributed by atoms with Crippen LogP contribution in [0.1, 0.15) is 20.3 Å². The van der Waals surface area contributed by atoms with Gasteiger partial charge < -0.3 is 14.8 Å². The van der Waals surface area contributed by atoms with Crippen molar-refractivity contribution in [3.8, 4) is 5.75 Å². The number of nitrogens with one attached hydrogen (secondary N) is 1. The molecule has 110 valence electrons. The molecule has 1 atom stereocenters. The largest absolute Gasteiger partial charge is 0.493 e. The van der Waals surface area contributed by atoms with Crippen LogP contribution < -0.4 is 10.1 Å². The quantitative estimate of drug-likeness (QED) is 0.773. The summed E-state index contributed by atoms with van der Waals surface area (Å²) >= 11 is 0. The molecule has 1 amide bonds. The molecule has 1 unspecified atom stereocenters. The van der Waals surface area contributed by atoms with Gasteiger partial charge in [-0.05, 0) is 18.1 Å². The highest BCUT2D eigenvalue weighted by Gasteiger charge is 2.24. The smallest absolute Gasteiger partial charge is 0.328 e. The molecule has 1 N–H and O–H groups in total. The molecule has 1 aromatic rings. The lowest BCUT2D eigenvalue weighted by molar-refractivity contribution is -0.146. The first-order valence-corrected chi connectivity index (χ1v) is 6.59. The van der Waals surface area contributed by atoms with Gasteiger partial charge in [0.05, 0.1) is 20.1 Å². The van der Waals surface area contributed by atoms with Crippen molar-refractivity contribution in [2.45, 2.75) is 26.3 Å². The van der Waals surface area contributed by atoms with Crippen LogP contribution in [0.5, 0.6) is 5.75 Å². The maximum atomic E-state index is 11.8. The summed E-state index contributed by atoms with van der Waals surface area (Å²) in [6.45, 7) is 3.96. The van der Waals surface area contributed by atoms with Gasteiger partial charge in [-0.2, -0.15) is 0 Å². The number of esters is 1. The van der Waals surface area contributed by atoms with Crippen LogP contribution in [-0.2, 0) is 14.3 Å². The number of methoxy groups -OCH3 is 1. The van der Waals surface area contributed by atoms with Crippen molar-refractivity contribution in [2.75, 3.05) is 13.7 Å². The number of para-hydroxylation sites is 1. The minimum Gasteiger partial charge on any atom is -0.493 e. The van der Waals surface area contributed by atoms with Gasteiger partial charge in [0, 0.05) is 0 Å². The van der Waals surface area contributed by atoms with Gasteiger partial charge in [-0.15, -0.1) is 0 Å². The Hall–Kier alpha value is -2.04. The first-order chi connectivity index (χ1) is 9.54. The molecule has 1 aromatic carbocycles. The number of ether oxygens (including phenoxy) is 2. The monoisotopic (exact) mass is 279 g/mol. The second-order valence-corrected chi connectivity index (χ2v) is 4.72. The fourth-order valence-corrected chi connectivity index (χ4v) is 1.65. The van der Waals surface area contributed by atoms with Gasteiger partial charge >= 0.3 is 5.97 Å². The van der Waals surface area contributed by atoms with Crippen LogP contribution in [0.3, 0.4) is 0 Å². The van der Waals surface area contributed by atoms with Gasteiger partial charge in [0.2, 0.25) is 5.91 Å². The fourth-order valence-electron chi connectivity index (χ4n) is 1.65. The van der Waals surface area contributed by atoms with E-state index in [1.807, 2.05) is 44.2 Å². The van der Waals surface area contributed by atoms with Crippen molar-refractivity contribution in [3.63, 3.8) is 0 Å². The predicted molar refractivity (Wildman–Crippen MR) is 75.3 cm³/mol. The van der Waals surface area contributed by atoms with Crippen LogP contribution >= 0.6 is 0 Å². The summed E-state index contributed by atoms with van der Waals surface area (Å²) in [5, 5.41) is 2.66. The molecule has 0 aliphatic carbocycles. The van der Waals surface area contributed by atoms with Gasteiger partial charge in [0.25, 0.3) is 0 Å². The molecule has 0 radical (unpaired) electrons. The van der Waals surface area contributed by atoms with E-state index in [0.717, 1.165) is 0 Å². The minimum absolute atomic E-state index is 0.0264. The van der Waals surface area contributed by atoms with Crippen molar-refractivity contribution < 1.29 is 19.1 Å². The SMILES string of the molecule is COC(=O)C(NC(=O)CCOc1ccccc1)C(C)C. The third-order valence-electron chi connectivity index (χ3n) is 2.78. The van der Waals surface area contributed by atoms with Crippen molar-refractivity contribution in [3.05, 3.63) is 30.3 Å². The second kappa shape index (κ2) is 8.19. The second-order valence-electron chi connectivity index (χ2n) is 4.72. The van der Waals surface area contributed by atoms with Crippen LogP contribution in [0.25, 0.3) is 0 Å². The van der Waals surface area contributed by atoms with Crippen molar-refractivity contribution in [1.82, 2.24) is 5.32 Å². The maximum absolute atomic E-state index is 11.8. The van der Waals surface area contributed by atoms with E-state index in [0.29, 0.717) is 5.75 Å². The Balaban J connectivity index is 2.37. The number of hydrogen-bond acceptors (Lipinski definition) is 4. The van der Waals surface area contributed by atoms with E-state index in [9.17, 15) is 9.59 Å². The summed E-state index contributed by atoms with van der Waals surface area (Å²) in [7, 11) is 1.31. The molecule has 0 bridgehead atoms. The van der Waals surface area contributed by atoms with Gasteiger partial charge in [-0.1, -0.05) is 32.0 Å². The summed E-state index contributed by atoms with van der Waals surface area (Å²) in [5.41, 5.74) is 0. The minimum atomic E-state index is -0.621. The molecule has 1 rings (SSSR count). The Morgan fingerprint density at radius 2 is 1.85 bits per heavy atom. The molecule has 5 nitrogen and oxygen atoms in total. The lowest BCUT2D eigenvalue weighted by atomic mass is 10.0. The standard InChI is InChI=1S/C15H21NO4/c1-11(2)14(15(18)19-3)16-13(17)9-10-20-12-7-5-4-6-8-12/h4-8,11,14H,9-10H2,1-3H3,(H,16,17). The Morgan fingerprint density at radius 3 is 2.40 bits per heavy atom. The fraction of sp³-hybridized carbons (Fsp3) is 0.467. The predicted octanol–water partition coefficient (Wildman–Crippen LogP) is 1.77. The number of carbonyl (C=O) groups is 2. The molecular weight excluding hydrogens is 258 g/mol. The van der Waals surface area contributed by atoms with Gasteiger partial charge in [-0.3, -0.25) is 4.79 Å². The van der Waals surface area contributed by atoms with Gasteiger partial charge in [-0.25, -0.2) is 4.79 Å². The lowest BCUT2D eigenvalue weighted by Crippen LogP contribution is -2.45. The highest BCUT2D eigenvalue weighted by atomic mass is 16.5. The van der Waals surface area contributed by atoms with E-state index in [-0.39, 0.29) is 24.9 Å². The molecule has 0 saturated carbocycles. The van der Waals surface area contributed by atoms with Crippen molar-refractivity contribution >= 4 is 11.9 Å². The molecule has 0 saturated heterocycles. The molecule has 0 aliphatic rings. The first-order valence-electron chi connectivity index (χ1n) is 6.59. The molecule has 5 heteroatoms. The highest BCUT2D eigenvalue weighted by Crippen LogP contribution is 2.08. The Labute approximate surface area is 119 Å². The Kier molecular flexibility index (Phi) is 6.56. The maximum Gasteiger partial charge on any atom is 0.328 e. The summed E-state index contributed by atoms with van der Waals surface area (Å²) < 4.78 is 10.1. The van der Waals surface area contributed by atoms with Gasteiger partial charge in [0.1, 0.15) is 11.8 Å². The molecular formula is C15H21NO4. The number of rotatable bonds is 7. The Morgan fingerprint density at radius 1 is 1.20 bits per heavy atom. The summed E-state index contributed by atoms with van der Waals surface area (Å²) in [6, 6.07) is 8.64. The third kappa shape index (κ3) is 5.30. The summed E-state index contributed by atoms with van der Waals surface area (Å²) in [5.74, 6) is 0.0254. The van der Waals surface area contributed by atoms with E-state index in [1.165, 1.54) is 7.11 Å². The molecule has 0 spiro atoms. The zero-order valence-electron chi connectivity index (χ0n) is 12.1. The van der Waals surface area contributed by atoms with Crippen LogP contribution in [0.2, 0.25) is 0 Å². The summed E-state index contributed by atoms with van der Waals surface area (Å²) in [4.78, 5) is 23.3. The molecule has 0 aromatic heterocycles. The van der Waals surface area contributed by atoms with Crippen LogP contribution in [-0.4, -0.2) is 31.6 Å². The Bertz CT molecular complexity index is 431. The number of amides is 1. The zero-order chi connectivity index (χ0) is 15.0. The average molecular weight is 279 g/mol. The summed E-state index contributed by atoms with van der Waals surface area (Å²) in [6.07, 6.45) is 0.190. The lowest BCUT2D eigenvalue weighted by Gasteiger charge is -2.19. The number of hydrogen-bond donors (Lipinski definition) is 1. The number of benzene rings is 1. The number of carbonyl (C=O) groups excluding carboxylic acids is 2. The van der Waals surface area contributed by atoms with E-state index >= 15 is 0 Å². The normalized spacial score (nSPS) is 11.8. The molecule has 0 heterocycles. The molecule has 20 heavy (non-hydrogen) atoms. The van der Waals surface area contributed by atoms with Crippen molar-refractivity contribution in [2.24, 2.45) is 5.92 Å². The highest BCUT2D eigenvalue weighted by molar-refractivity contribution is 5.84. The van der Waals surface area contributed by atoms with Crippen molar-refractivity contribution in [1.29, 1.82) is 0 Å². The van der Waals surface area contributed by atoms with Crippen LogP contribution in [0, 0.1) is 5.92 Å². The molecule has 0 aliphatic heterocycles. The average Bonchev–Trinajstić information content (AvgIpc) is 2.45. The first kappa shape index (κ1) is 16.0. The van der Waals surface area contributed by atoms with E-state index in [1.54, 1.807) is 0 Å². The molecule has 0 fully saturated rings. The van der Waals surface area contributed by atoms with E-state index in [4.69, 9.17) is 4.74 Å². The third-order valence-corrected chi connectivity index (χ3v) is 2.78. The van der Waals surface area contributed by atoms with Crippen LogP contribution in [0.15, 0.2) is 30.3 Å². The zero-order valence-corrected chi connectivity index (χ0v) is 12.1. The van der Waals surface area contributed by atoms with E-state index < -0.39 is 12.0 Å².